The largest absolute Gasteiger partial charge is 0.379 e. The molecule has 1 aliphatic rings. The number of carbonyl (C=O) groups excluding carboxylic acids is 1. The number of urea groups is 1. The van der Waals surface area contributed by atoms with Crippen LogP contribution in [0.1, 0.15) is 19.4 Å². The zero-order chi connectivity index (χ0) is 18.4. The Bertz CT molecular complexity index is 559. The van der Waals surface area contributed by atoms with Crippen molar-refractivity contribution in [2.45, 2.75) is 26.4 Å². The van der Waals surface area contributed by atoms with Gasteiger partial charge < -0.3 is 15.0 Å². The van der Waals surface area contributed by atoms with Crippen molar-refractivity contribution < 1.29 is 13.9 Å². The Morgan fingerprint density at radius 2 is 2.08 bits per heavy atom. The topological polar surface area (TPSA) is 44.8 Å². The van der Waals surface area contributed by atoms with Crippen LogP contribution in [0.2, 0.25) is 5.02 Å². The van der Waals surface area contributed by atoms with Gasteiger partial charge in [-0.2, -0.15) is 0 Å². The molecule has 0 saturated carbocycles. The molecule has 1 saturated heterocycles. The number of amides is 2. The van der Waals surface area contributed by atoms with Gasteiger partial charge >= 0.3 is 6.03 Å². The Morgan fingerprint density at radius 3 is 2.68 bits per heavy atom. The van der Waals surface area contributed by atoms with Gasteiger partial charge in [0.25, 0.3) is 0 Å². The van der Waals surface area contributed by atoms with Crippen LogP contribution in [0.15, 0.2) is 18.2 Å². The van der Waals surface area contributed by atoms with E-state index in [2.05, 4.69) is 24.1 Å². The van der Waals surface area contributed by atoms with Crippen LogP contribution in [0.5, 0.6) is 0 Å². The quantitative estimate of drug-likeness (QED) is 0.836. The van der Waals surface area contributed by atoms with E-state index in [1.807, 2.05) is 0 Å². The van der Waals surface area contributed by atoms with Gasteiger partial charge in [0, 0.05) is 43.3 Å². The average Bonchev–Trinajstić information content (AvgIpc) is 2.58. The van der Waals surface area contributed by atoms with E-state index in [0.717, 1.165) is 26.3 Å². The van der Waals surface area contributed by atoms with Crippen LogP contribution in [0.4, 0.5) is 9.18 Å². The van der Waals surface area contributed by atoms with E-state index >= 15 is 0 Å². The van der Waals surface area contributed by atoms with Gasteiger partial charge in [-0.3, -0.25) is 4.90 Å². The third-order valence-electron chi connectivity index (χ3n) is 4.55. The summed E-state index contributed by atoms with van der Waals surface area (Å²) in [6, 6.07) is 4.53. The molecule has 1 atom stereocenters. The minimum Gasteiger partial charge on any atom is -0.379 e. The number of morpholine rings is 1. The van der Waals surface area contributed by atoms with Gasteiger partial charge in [0.15, 0.2) is 0 Å². The Morgan fingerprint density at radius 1 is 1.40 bits per heavy atom. The molecule has 140 valence electrons. The first-order chi connectivity index (χ1) is 11.9. The van der Waals surface area contributed by atoms with E-state index in [0.29, 0.717) is 23.0 Å². The van der Waals surface area contributed by atoms with Crippen molar-refractivity contribution in [3.8, 4) is 0 Å². The molecule has 1 aromatic carbocycles. The standard InChI is InChI=1S/C18H27ClFN3O2/c1-13(2)17(23-7-9-25-10-8-23)11-21-18(24)22(3)12-14-15(19)5-4-6-16(14)20/h4-6,13,17H,7-12H2,1-3H3,(H,21,24). The number of rotatable bonds is 6. The molecule has 0 spiro atoms. The second kappa shape index (κ2) is 9.36. The highest BCUT2D eigenvalue weighted by Gasteiger charge is 2.25. The Balaban J connectivity index is 1.91. The molecule has 1 heterocycles. The number of halogens is 2. The molecule has 0 radical (unpaired) electrons. The second-order valence-corrected chi connectivity index (χ2v) is 7.11. The molecule has 1 fully saturated rings. The minimum absolute atomic E-state index is 0.126. The summed E-state index contributed by atoms with van der Waals surface area (Å²) in [5, 5.41) is 3.29. The van der Waals surface area contributed by atoms with Gasteiger partial charge in [-0.05, 0) is 18.1 Å². The molecule has 7 heteroatoms. The van der Waals surface area contributed by atoms with E-state index in [1.165, 1.54) is 11.0 Å². The molecule has 2 amide bonds. The molecule has 25 heavy (non-hydrogen) atoms. The lowest BCUT2D eigenvalue weighted by molar-refractivity contribution is 0.00697. The van der Waals surface area contributed by atoms with Crippen molar-refractivity contribution in [3.63, 3.8) is 0 Å². The molecule has 1 N–H and O–H groups in total. The van der Waals surface area contributed by atoms with Crippen molar-refractivity contribution in [2.24, 2.45) is 5.92 Å². The summed E-state index contributed by atoms with van der Waals surface area (Å²) in [6.07, 6.45) is 0. The van der Waals surface area contributed by atoms with E-state index < -0.39 is 5.82 Å². The highest BCUT2D eigenvalue weighted by atomic mass is 35.5. The molecule has 0 aliphatic carbocycles. The molecule has 1 aliphatic heterocycles. The number of benzene rings is 1. The fraction of sp³-hybridized carbons (Fsp3) is 0.611. The summed E-state index contributed by atoms with van der Waals surface area (Å²) in [6.45, 7) is 8.17. The SMILES string of the molecule is CC(C)C(CNC(=O)N(C)Cc1c(F)cccc1Cl)N1CCOCC1. The van der Waals surface area contributed by atoms with Crippen LogP contribution >= 0.6 is 11.6 Å². The van der Waals surface area contributed by atoms with Crippen LogP contribution in [0.25, 0.3) is 0 Å². The van der Waals surface area contributed by atoms with Gasteiger partial charge in [0.2, 0.25) is 0 Å². The molecule has 1 unspecified atom stereocenters. The van der Waals surface area contributed by atoms with Crippen LogP contribution in [-0.2, 0) is 11.3 Å². The molecule has 0 bridgehead atoms. The third-order valence-corrected chi connectivity index (χ3v) is 4.90. The maximum Gasteiger partial charge on any atom is 0.317 e. The fourth-order valence-electron chi connectivity index (χ4n) is 3.01. The summed E-state index contributed by atoms with van der Waals surface area (Å²) in [5.41, 5.74) is 0.329. The summed E-state index contributed by atoms with van der Waals surface area (Å²) < 4.78 is 19.3. The van der Waals surface area contributed by atoms with E-state index in [-0.39, 0.29) is 18.6 Å². The lowest BCUT2D eigenvalue weighted by Crippen LogP contribution is -2.52. The summed E-state index contributed by atoms with van der Waals surface area (Å²) in [5.74, 6) is 0.00485. The van der Waals surface area contributed by atoms with Gasteiger partial charge in [-0.25, -0.2) is 9.18 Å². The Labute approximate surface area is 154 Å². The van der Waals surface area contributed by atoms with Crippen LogP contribution in [0.3, 0.4) is 0 Å². The Kier molecular flexibility index (Phi) is 7.47. The highest BCUT2D eigenvalue weighted by Crippen LogP contribution is 2.20. The number of ether oxygens (including phenoxy) is 1. The minimum atomic E-state index is -0.402. The predicted molar refractivity (Wildman–Crippen MR) is 97.3 cm³/mol. The molecular formula is C18H27ClFN3O2. The first kappa shape index (κ1) is 19.9. The number of hydrogen-bond acceptors (Lipinski definition) is 3. The molecule has 5 nitrogen and oxygen atoms in total. The molecule has 0 aromatic heterocycles. The van der Waals surface area contributed by atoms with Crippen molar-refractivity contribution in [1.82, 2.24) is 15.1 Å². The van der Waals surface area contributed by atoms with E-state index in [9.17, 15) is 9.18 Å². The maximum atomic E-state index is 13.9. The number of nitrogens with zero attached hydrogens (tertiary/aromatic N) is 2. The Hall–Kier alpha value is -1.37. The second-order valence-electron chi connectivity index (χ2n) is 6.70. The summed E-state index contributed by atoms with van der Waals surface area (Å²) >= 11 is 6.03. The van der Waals surface area contributed by atoms with Crippen LogP contribution < -0.4 is 5.32 Å². The number of carbonyl (C=O) groups is 1. The molecule has 1 aromatic rings. The van der Waals surface area contributed by atoms with Crippen molar-refractivity contribution >= 4 is 17.6 Å². The first-order valence-electron chi connectivity index (χ1n) is 8.63. The maximum absolute atomic E-state index is 13.9. The zero-order valence-corrected chi connectivity index (χ0v) is 15.9. The van der Waals surface area contributed by atoms with Gasteiger partial charge in [0.05, 0.1) is 19.8 Å². The number of hydrogen-bond donors (Lipinski definition) is 1. The highest BCUT2D eigenvalue weighted by molar-refractivity contribution is 6.31. The zero-order valence-electron chi connectivity index (χ0n) is 15.1. The van der Waals surface area contributed by atoms with Gasteiger partial charge in [0.1, 0.15) is 5.82 Å². The van der Waals surface area contributed by atoms with Crippen molar-refractivity contribution in [3.05, 3.63) is 34.6 Å². The van der Waals surface area contributed by atoms with E-state index in [1.54, 1.807) is 19.2 Å². The predicted octanol–water partition coefficient (Wildman–Crippen LogP) is 2.98. The monoisotopic (exact) mass is 371 g/mol. The van der Waals surface area contributed by atoms with Crippen LogP contribution in [0, 0.1) is 11.7 Å². The van der Waals surface area contributed by atoms with Crippen molar-refractivity contribution in [2.75, 3.05) is 39.9 Å². The van der Waals surface area contributed by atoms with Crippen molar-refractivity contribution in [1.29, 1.82) is 0 Å². The van der Waals surface area contributed by atoms with Gasteiger partial charge in [-0.15, -0.1) is 0 Å². The summed E-state index contributed by atoms with van der Waals surface area (Å²) in [7, 11) is 1.64. The van der Waals surface area contributed by atoms with Gasteiger partial charge in [-0.1, -0.05) is 31.5 Å². The fourth-order valence-corrected chi connectivity index (χ4v) is 3.24. The first-order valence-corrected chi connectivity index (χ1v) is 9.01. The molecular weight excluding hydrogens is 345 g/mol. The number of nitrogens with one attached hydrogen (secondary N) is 1. The molecule has 2 rings (SSSR count). The lowest BCUT2D eigenvalue weighted by Gasteiger charge is -2.37. The normalized spacial score (nSPS) is 16.7. The van der Waals surface area contributed by atoms with E-state index in [4.69, 9.17) is 16.3 Å². The lowest BCUT2D eigenvalue weighted by atomic mass is 10.0. The third kappa shape index (κ3) is 5.56. The smallest absolute Gasteiger partial charge is 0.317 e. The summed E-state index contributed by atoms with van der Waals surface area (Å²) in [4.78, 5) is 16.2. The van der Waals surface area contributed by atoms with Crippen LogP contribution in [-0.4, -0.2) is 61.8 Å². The average molecular weight is 372 g/mol.